The van der Waals surface area contributed by atoms with E-state index in [0.29, 0.717) is 11.5 Å². The first-order valence-electron chi connectivity index (χ1n) is 4.40. The molecule has 0 atom stereocenters. The van der Waals surface area contributed by atoms with Gasteiger partial charge in [-0.25, -0.2) is 14.3 Å². The molecule has 0 aliphatic rings. The summed E-state index contributed by atoms with van der Waals surface area (Å²) in [6.07, 6.45) is 3.22. The largest absolute Gasteiger partial charge is 1.00 e. The van der Waals surface area contributed by atoms with Gasteiger partial charge in [-0.3, -0.25) is 9.78 Å². The zero-order valence-electron chi connectivity index (χ0n) is 8.46. The average Bonchev–Trinajstić information content (AvgIpc) is 2.60. The molecule has 0 aliphatic heterocycles. The molecule has 7 nitrogen and oxygen atoms in total. The van der Waals surface area contributed by atoms with Crippen molar-refractivity contribution < 1.29 is 17.0 Å². The van der Waals surface area contributed by atoms with Gasteiger partial charge in [0.15, 0.2) is 6.20 Å². The molecule has 2 heterocycles. The van der Waals surface area contributed by atoms with Crippen LogP contribution in [0.3, 0.4) is 0 Å². The summed E-state index contributed by atoms with van der Waals surface area (Å²) >= 11 is 5.75. The topological polar surface area (TPSA) is 111 Å². The van der Waals surface area contributed by atoms with Gasteiger partial charge in [0.2, 0.25) is 12.1 Å². The first kappa shape index (κ1) is 13.3. The number of nitrogens with zero attached hydrogens (tertiary/aromatic N) is 1. The maximum Gasteiger partial charge on any atom is 0.326 e. The molecule has 2 rings (SSSR count). The molecule has 0 bridgehead atoms. The fourth-order valence-corrected chi connectivity index (χ4v) is 1.47. The fourth-order valence-electron chi connectivity index (χ4n) is 1.31. The van der Waals surface area contributed by atoms with Crippen LogP contribution in [0.1, 0.15) is 5.69 Å². The maximum absolute atomic E-state index is 11.2. The third-order valence-corrected chi connectivity index (χ3v) is 2.40. The first-order valence-corrected chi connectivity index (χ1v) is 4.78. The fraction of sp³-hybridized carbons (Fsp3) is 0.125. The number of aromatic amines is 3. The molecular formula is C8H9Cl2N5O2. The molecule has 0 unspecified atom stereocenters. The number of nitrogens with two attached hydrogens (primary N) is 1. The van der Waals surface area contributed by atoms with E-state index in [-0.39, 0.29) is 24.0 Å². The molecule has 0 fully saturated rings. The summed E-state index contributed by atoms with van der Waals surface area (Å²) in [5.74, 6) is 0.475. The van der Waals surface area contributed by atoms with Crippen LogP contribution in [0.4, 0.5) is 5.82 Å². The van der Waals surface area contributed by atoms with E-state index in [9.17, 15) is 9.59 Å². The molecule has 5 N–H and O–H groups in total. The summed E-state index contributed by atoms with van der Waals surface area (Å²) in [7, 11) is 0. The molecule has 0 aromatic carbocycles. The normalized spacial score (nSPS) is 9.94. The zero-order chi connectivity index (χ0) is 11.7. The van der Waals surface area contributed by atoms with Crippen LogP contribution >= 0.6 is 11.6 Å². The lowest BCUT2D eigenvalue weighted by Crippen LogP contribution is -3.00. The summed E-state index contributed by atoms with van der Waals surface area (Å²) in [5, 5.41) is -0.0353. The summed E-state index contributed by atoms with van der Waals surface area (Å²) in [6.45, 7) is 0.256. The molecule has 0 aliphatic carbocycles. The molecule has 9 heteroatoms. The Kier molecular flexibility index (Phi) is 3.97. The van der Waals surface area contributed by atoms with Crippen molar-refractivity contribution in [3.63, 3.8) is 0 Å². The van der Waals surface area contributed by atoms with Gasteiger partial charge >= 0.3 is 5.69 Å². The van der Waals surface area contributed by atoms with E-state index in [1.54, 1.807) is 17.1 Å². The standard InChI is InChI=1S/C8H8ClN5O2.ClH/c9-6-4(12-8(16)13-7(6)15)1-14-2-5(10)11-3-14;/h2-3H,1,10H2,(H2,12,13,15,16);1H. The van der Waals surface area contributed by atoms with Gasteiger partial charge in [-0.1, -0.05) is 11.6 Å². The number of nitrogen functional groups attached to an aromatic ring is 1. The van der Waals surface area contributed by atoms with Crippen LogP contribution in [0.25, 0.3) is 0 Å². The zero-order valence-corrected chi connectivity index (χ0v) is 9.97. The molecule has 92 valence electrons. The van der Waals surface area contributed by atoms with Crippen LogP contribution in [0, 0.1) is 0 Å². The first-order chi connectivity index (χ1) is 7.56. The third-order valence-electron chi connectivity index (χ3n) is 2.00. The van der Waals surface area contributed by atoms with Gasteiger partial charge in [-0.15, -0.1) is 0 Å². The van der Waals surface area contributed by atoms with Crippen molar-refractivity contribution in [3.8, 4) is 0 Å². The molecule has 0 saturated carbocycles. The van der Waals surface area contributed by atoms with Gasteiger partial charge in [0.1, 0.15) is 11.6 Å². The Morgan fingerprint density at radius 2 is 2.06 bits per heavy atom. The van der Waals surface area contributed by atoms with Crippen molar-refractivity contribution in [2.75, 3.05) is 5.73 Å². The van der Waals surface area contributed by atoms with Crippen LogP contribution in [0.15, 0.2) is 22.1 Å². The second kappa shape index (κ2) is 5.07. The van der Waals surface area contributed by atoms with E-state index < -0.39 is 11.2 Å². The van der Waals surface area contributed by atoms with Crippen molar-refractivity contribution in [1.82, 2.24) is 15.0 Å². The lowest BCUT2D eigenvalue weighted by molar-refractivity contribution is -0.687. The monoisotopic (exact) mass is 277 g/mol. The number of rotatable bonds is 2. The van der Waals surface area contributed by atoms with Gasteiger partial charge in [0.05, 0.1) is 5.69 Å². The second-order valence-corrected chi connectivity index (χ2v) is 3.61. The van der Waals surface area contributed by atoms with E-state index >= 15 is 0 Å². The number of hydrogen-bond acceptors (Lipinski definition) is 3. The Morgan fingerprint density at radius 3 is 2.65 bits per heavy atom. The summed E-state index contributed by atoms with van der Waals surface area (Å²) in [4.78, 5) is 29.5. The van der Waals surface area contributed by atoms with Crippen LogP contribution in [0.2, 0.25) is 5.02 Å². The van der Waals surface area contributed by atoms with Gasteiger partial charge in [-0.05, 0) is 0 Å². The predicted molar refractivity (Wildman–Crippen MR) is 57.2 cm³/mol. The minimum atomic E-state index is -0.607. The SMILES string of the molecule is Nc1c[n+](Cc2[nH]c(=O)[nH]c(=O)c2Cl)c[nH]1.[Cl-]. The van der Waals surface area contributed by atoms with Gasteiger partial charge < -0.3 is 23.1 Å². The predicted octanol–water partition coefficient (Wildman–Crippen LogP) is -4.03. The minimum Gasteiger partial charge on any atom is -1.00 e. The number of H-pyrrole nitrogens is 3. The summed E-state index contributed by atoms with van der Waals surface area (Å²) in [6, 6.07) is 0. The second-order valence-electron chi connectivity index (χ2n) is 3.23. The molecular weight excluding hydrogens is 269 g/mol. The lowest BCUT2D eigenvalue weighted by atomic mass is 10.4. The van der Waals surface area contributed by atoms with Crippen molar-refractivity contribution in [1.29, 1.82) is 0 Å². The number of hydrogen-bond donors (Lipinski definition) is 4. The molecule has 0 saturated heterocycles. The Balaban J connectivity index is 0.00000144. The molecule has 2 aromatic rings. The number of halogens is 2. The van der Waals surface area contributed by atoms with Crippen molar-refractivity contribution >= 4 is 17.4 Å². The van der Waals surface area contributed by atoms with Crippen molar-refractivity contribution in [2.45, 2.75) is 6.54 Å². The lowest BCUT2D eigenvalue weighted by Gasteiger charge is -1.99. The highest BCUT2D eigenvalue weighted by Gasteiger charge is 2.10. The third kappa shape index (κ3) is 2.89. The molecule has 0 radical (unpaired) electrons. The maximum atomic E-state index is 11.2. The van der Waals surface area contributed by atoms with Crippen LogP contribution in [-0.2, 0) is 6.54 Å². The highest BCUT2D eigenvalue weighted by Crippen LogP contribution is 2.04. The highest BCUT2D eigenvalue weighted by molar-refractivity contribution is 6.30. The van der Waals surface area contributed by atoms with E-state index in [1.807, 2.05) is 4.98 Å². The van der Waals surface area contributed by atoms with Crippen molar-refractivity contribution in [3.05, 3.63) is 44.1 Å². The molecule has 17 heavy (non-hydrogen) atoms. The van der Waals surface area contributed by atoms with E-state index in [0.717, 1.165) is 0 Å². The Hall–Kier alpha value is -1.73. The number of nitrogens with one attached hydrogen (secondary N) is 3. The summed E-state index contributed by atoms with van der Waals surface area (Å²) < 4.78 is 1.66. The van der Waals surface area contributed by atoms with Crippen LogP contribution in [0.5, 0.6) is 0 Å². The Morgan fingerprint density at radius 1 is 1.35 bits per heavy atom. The van der Waals surface area contributed by atoms with E-state index in [1.165, 1.54) is 0 Å². The number of anilines is 1. The van der Waals surface area contributed by atoms with Gasteiger partial charge in [0.25, 0.3) is 5.56 Å². The summed E-state index contributed by atoms with van der Waals surface area (Å²) in [5.41, 5.74) is 4.62. The average molecular weight is 278 g/mol. The van der Waals surface area contributed by atoms with Gasteiger partial charge in [0, 0.05) is 0 Å². The van der Waals surface area contributed by atoms with Crippen LogP contribution in [-0.4, -0.2) is 15.0 Å². The Bertz CT molecular complexity index is 629. The van der Waals surface area contributed by atoms with Gasteiger partial charge in [-0.2, -0.15) is 0 Å². The smallest absolute Gasteiger partial charge is 0.326 e. The number of imidazole rings is 1. The minimum absolute atomic E-state index is 0. The quantitative estimate of drug-likeness (QED) is 0.420. The Labute approximate surface area is 106 Å². The van der Waals surface area contributed by atoms with E-state index in [4.69, 9.17) is 17.3 Å². The van der Waals surface area contributed by atoms with Crippen LogP contribution < -0.4 is 34.0 Å². The number of aromatic nitrogens is 4. The highest BCUT2D eigenvalue weighted by atomic mass is 35.5. The molecule has 0 spiro atoms. The molecule has 2 aromatic heterocycles. The van der Waals surface area contributed by atoms with Crippen molar-refractivity contribution in [2.24, 2.45) is 0 Å². The van der Waals surface area contributed by atoms with E-state index in [2.05, 4.69) is 9.97 Å². The molecule has 0 amide bonds.